The number of nitrogens with zero attached hydrogens (tertiary/aromatic N) is 2. The first-order valence-corrected chi connectivity index (χ1v) is 23.1. The third-order valence-corrected chi connectivity index (χ3v) is 13.0. The van der Waals surface area contributed by atoms with E-state index in [2.05, 4.69) is 18.6 Å². The summed E-state index contributed by atoms with van der Waals surface area (Å²) in [4.78, 5) is 55.5. The highest BCUT2D eigenvalue weighted by atomic mass is 32.2. The van der Waals surface area contributed by atoms with Crippen LogP contribution in [0.4, 0.5) is 0 Å². The van der Waals surface area contributed by atoms with Crippen molar-refractivity contribution in [1.29, 1.82) is 5.26 Å². The van der Waals surface area contributed by atoms with Gasteiger partial charge >= 0.3 is 23.9 Å². The first-order chi connectivity index (χ1) is 32.2. The fourth-order valence-electron chi connectivity index (χ4n) is 7.60. The molecule has 0 saturated heterocycles. The van der Waals surface area contributed by atoms with Crippen molar-refractivity contribution in [2.24, 2.45) is 23.7 Å². The second-order valence-electron chi connectivity index (χ2n) is 15.7. The molecule has 5 aromatic rings. The minimum atomic E-state index is -0.565. The number of thioether (sulfide) groups is 1. The van der Waals surface area contributed by atoms with Crippen molar-refractivity contribution in [3.05, 3.63) is 110 Å². The van der Waals surface area contributed by atoms with Crippen molar-refractivity contribution in [2.45, 2.75) is 56.3 Å². The molecule has 0 spiro atoms. The number of aromatic nitrogens is 1. The predicted molar refractivity (Wildman–Crippen MR) is 246 cm³/mol. The maximum Gasteiger partial charge on any atom is 0.333 e. The molecule has 2 saturated carbocycles. The summed E-state index contributed by atoms with van der Waals surface area (Å²) in [6.07, 6.45) is 7.90. The van der Waals surface area contributed by atoms with Gasteiger partial charge in [0.05, 0.1) is 25.0 Å². The Morgan fingerprint density at radius 1 is 0.621 bits per heavy atom. The number of hydrogen-bond donors (Lipinski definition) is 0. The zero-order valence-electron chi connectivity index (χ0n) is 36.1. The highest BCUT2D eigenvalue weighted by Crippen LogP contribution is 2.42. The Morgan fingerprint density at radius 3 is 1.52 bits per heavy atom. The van der Waals surface area contributed by atoms with Gasteiger partial charge in [-0.3, -0.25) is 9.59 Å². The number of hydrogen-bond acceptors (Lipinski definition) is 16. The molecule has 0 bridgehead atoms. The molecule has 1 aromatic heterocycles. The third-order valence-electron chi connectivity index (χ3n) is 11.3. The normalized spacial score (nSPS) is 17.9. The number of thiocyanates is 1. The van der Waals surface area contributed by atoms with Crippen molar-refractivity contribution in [1.82, 2.24) is 4.98 Å². The standard InChI is InChI=1S/C50H48N2O12S2/c1-3-44(53)61-30-59-39-19-15-37(16-20-39)57-27-32-5-9-35(10-6-32)49(55)63-42-25-26-43(47-46(42)52-48(66-47)34-13-23-41(24-14-34)65-29-51)64-50(56)36-11-7-33(8-12-36)28-58-38-17-21-40(22-18-38)60-31-62-45(54)4-2/h3-4,13-26,32-33,35-36H,1-2,5-12,27-28,30-31H2/t32-,33-,35-,36-. The van der Waals surface area contributed by atoms with Crippen LogP contribution in [0.25, 0.3) is 20.8 Å². The van der Waals surface area contributed by atoms with E-state index >= 15 is 0 Å². The third kappa shape index (κ3) is 13.1. The van der Waals surface area contributed by atoms with E-state index < -0.39 is 11.9 Å². The summed E-state index contributed by atoms with van der Waals surface area (Å²) in [7, 11) is 0. The molecule has 66 heavy (non-hydrogen) atoms. The zero-order chi connectivity index (χ0) is 46.3. The largest absolute Gasteiger partial charge is 0.493 e. The van der Waals surface area contributed by atoms with Crippen LogP contribution >= 0.6 is 23.1 Å². The van der Waals surface area contributed by atoms with E-state index in [4.69, 9.17) is 48.1 Å². The van der Waals surface area contributed by atoms with Crippen LogP contribution in [0.5, 0.6) is 34.5 Å². The lowest BCUT2D eigenvalue weighted by Crippen LogP contribution is -2.28. The van der Waals surface area contributed by atoms with Gasteiger partial charge in [0.1, 0.15) is 43.6 Å². The van der Waals surface area contributed by atoms with E-state index in [1.165, 1.54) is 11.3 Å². The topological polar surface area (TPSA) is 179 Å². The molecule has 14 nitrogen and oxygen atoms in total. The minimum Gasteiger partial charge on any atom is -0.493 e. The van der Waals surface area contributed by atoms with Gasteiger partial charge in [0.25, 0.3) is 0 Å². The molecule has 1 heterocycles. The quantitative estimate of drug-likeness (QED) is 0.0180. The lowest BCUT2D eigenvalue weighted by Gasteiger charge is -2.27. The molecule has 7 rings (SSSR count). The number of carbonyl (C=O) groups excluding carboxylic acids is 4. The minimum absolute atomic E-state index is 0.217. The second-order valence-corrected chi connectivity index (χ2v) is 17.5. The fraction of sp³-hybridized carbons (Fsp3) is 0.320. The fourth-order valence-corrected chi connectivity index (χ4v) is 9.01. The highest BCUT2D eigenvalue weighted by Gasteiger charge is 2.31. The van der Waals surface area contributed by atoms with Crippen molar-refractivity contribution < 1.29 is 57.1 Å². The van der Waals surface area contributed by atoms with Gasteiger partial charge in [-0.15, -0.1) is 11.3 Å². The van der Waals surface area contributed by atoms with Gasteiger partial charge in [0, 0.05) is 22.6 Å². The van der Waals surface area contributed by atoms with E-state index in [1.54, 1.807) is 60.7 Å². The van der Waals surface area contributed by atoms with Gasteiger partial charge in [-0.05, 0) is 148 Å². The summed E-state index contributed by atoms with van der Waals surface area (Å²) in [6.45, 7) is 7.27. The molecule has 0 radical (unpaired) electrons. The average Bonchev–Trinajstić information content (AvgIpc) is 3.81. The molecule has 4 aromatic carbocycles. The highest BCUT2D eigenvalue weighted by molar-refractivity contribution is 8.03. The first kappa shape index (κ1) is 47.1. The number of benzene rings is 4. The van der Waals surface area contributed by atoms with Crippen LogP contribution in [0.15, 0.2) is 115 Å². The second kappa shape index (κ2) is 23.4. The molecule has 2 fully saturated rings. The SMILES string of the molecule is C=CC(=O)OCOc1ccc(OC[C@H]2CC[C@H](C(=O)Oc3ccc(OC(=O)[C@H]4CC[C@H](COc5ccc(OCOC(=O)C=C)cc5)CC4)c4sc(-c5ccc(SC#N)cc5)nc34)CC2)cc1. The smallest absolute Gasteiger partial charge is 0.333 e. The molecular formula is C50H48N2O12S2. The summed E-state index contributed by atoms with van der Waals surface area (Å²) in [5, 5.41) is 11.9. The van der Waals surface area contributed by atoms with Gasteiger partial charge < -0.3 is 37.9 Å². The van der Waals surface area contributed by atoms with Crippen LogP contribution < -0.4 is 28.4 Å². The van der Waals surface area contributed by atoms with E-state index in [0.29, 0.717) is 88.6 Å². The number of ether oxygens (including phenoxy) is 8. The van der Waals surface area contributed by atoms with Crippen molar-refractivity contribution in [2.75, 3.05) is 26.8 Å². The Balaban J connectivity index is 0.927. The molecule has 0 unspecified atom stereocenters. The lowest BCUT2D eigenvalue weighted by molar-refractivity contribution is -0.145. The van der Waals surface area contributed by atoms with Gasteiger partial charge in [0.2, 0.25) is 13.6 Å². The maximum atomic E-state index is 13.7. The Morgan fingerprint density at radius 2 is 1.06 bits per heavy atom. The number of thiazole rings is 1. The summed E-state index contributed by atoms with van der Waals surface area (Å²) in [5.74, 6) is 1.22. The monoisotopic (exact) mass is 932 g/mol. The Kier molecular flexibility index (Phi) is 16.7. The molecule has 16 heteroatoms. The zero-order valence-corrected chi connectivity index (χ0v) is 37.7. The summed E-state index contributed by atoms with van der Waals surface area (Å²) < 4.78 is 45.3. The Labute approximate surface area is 390 Å². The number of rotatable bonds is 20. The molecular weight excluding hydrogens is 885 g/mol. The molecule has 2 aliphatic rings. The van der Waals surface area contributed by atoms with E-state index in [9.17, 15) is 19.2 Å². The average molecular weight is 933 g/mol. The number of fused-ring (bicyclic) bond motifs is 1. The van der Waals surface area contributed by atoms with Gasteiger partial charge in [-0.25, -0.2) is 14.6 Å². The van der Waals surface area contributed by atoms with E-state index in [1.807, 2.05) is 24.3 Å². The Bertz CT molecular complexity index is 2380. The maximum absolute atomic E-state index is 13.7. The van der Waals surface area contributed by atoms with Crippen molar-refractivity contribution >= 4 is 57.2 Å². The van der Waals surface area contributed by atoms with Crippen LogP contribution in [0, 0.1) is 34.3 Å². The number of esters is 4. The summed E-state index contributed by atoms with van der Waals surface area (Å²) in [6, 6.07) is 24.8. The van der Waals surface area contributed by atoms with Gasteiger partial charge in [-0.2, -0.15) is 5.26 Å². The van der Waals surface area contributed by atoms with Crippen LogP contribution in [-0.4, -0.2) is 55.7 Å². The van der Waals surface area contributed by atoms with Crippen molar-refractivity contribution in [3.63, 3.8) is 0 Å². The van der Waals surface area contributed by atoms with E-state index in [-0.39, 0.29) is 49.2 Å². The van der Waals surface area contributed by atoms with Crippen LogP contribution in [0.1, 0.15) is 51.4 Å². The molecule has 0 N–H and O–H groups in total. The lowest BCUT2D eigenvalue weighted by atomic mass is 9.82. The first-order valence-electron chi connectivity index (χ1n) is 21.5. The molecule has 2 aliphatic carbocycles. The van der Waals surface area contributed by atoms with E-state index in [0.717, 1.165) is 60.1 Å². The van der Waals surface area contributed by atoms with Crippen LogP contribution in [0.3, 0.4) is 0 Å². The number of carbonyl (C=O) groups is 4. The molecule has 0 aliphatic heterocycles. The Hall–Kier alpha value is -6.83. The van der Waals surface area contributed by atoms with Crippen LogP contribution in [-0.2, 0) is 28.7 Å². The van der Waals surface area contributed by atoms with Gasteiger partial charge in [-0.1, -0.05) is 25.3 Å². The van der Waals surface area contributed by atoms with Crippen LogP contribution in [0.2, 0.25) is 0 Å². The predicted octanol–water partition coefficient (Wildman–Crippen LogP) is 10.2. The molecule has 342 valence electrons. The summed E-state index contributed by atoms with van der Waals surface area (Å²) in [5.41, 5.74) is 1.23. The molecule has 0 atom stereocenters. The number of nitriles is 1. The molecule has 0 amide bonds. The summed E-state index contributed by atoms with van der Waals surface area (Å²) >= 11 is 2.41. The van der Waals surface area contributed by atoms with Crippen molar-refractivity contribution in [3.8, 4) is 50.5 Å². The van der Waals surface area contributed by atoms with Gasteiger partial charge in [0.15, 0.2) is 11.5 Å².